The van der Waals surface area contributed by atoms with Crippen LogP contribution in [0.15, 0.2) is 66.7 Å². The van der Waals surface area contributed by atoms with Gasteiger partial charge in [-0.1, -0.05) is 12.1 Å². The standard InChI is InChI=1S/C30H23F5N2O6/c1-16(18-10-13-23-25(14-18)43-30(34,35)42-23)40-21-5-2-4-19(15-21)37-26-22(27(36-37)29(31,32)33)6-3-7-24(26)41-20-11-8-17(9-12-20)28(38)39/h2,4-5,8-16,24H,3,6-7H2,1H3,(H,38,39). The van der Waals surface area contributed by atoms with Gasteiger partial charge in [-0.2, -0.15) is 18.3 Å². The number of hydrogen-bond acceptors (Lipinski definition) is 6. The van der Waals surface area contributed by atoms with Crippen LogP contribution in [0.3, 0.4) is 0 Å². The molecule has 2 unspecified atom stereocenters. The third-order valence-electron chi connectivity index (χ3n) is 7.14. The molecule has 1 aliphatic heterocycles. The van der Waals surface area contributed by atoms with Crippen LogP contribution in [-0.2, 0) is 12.6 Å². The smallest absolute Gasteiger partial charge is 0.486 e. The third-order valence-corrected chi connectivity index (χ3v) is 7.14. The second-order valence-electron chi connectivity index (χ2n) is 10.1. The van der Waals surface area contributed by atoms with E-state index in [-0.39, 0.29) is 34.7 Å². The summed E-state index contributed by atoms with van der Waals surface area (Å²) in [5.74, 6) is -0.768. The van der Waals surface area contributed by atoms with Gasteiger partial charge in [0, 0.05) is 11.6 Å². The van der Waals surface area contributed by atoms with Crippen molar-refractivity contribution >= 4 is 5.97 Å². The van der Waals surface area contributed by atoms with E-state index in [4.69, 9.17) is 14.6 Å². The fraction of sp³-hybridized carbons (Fsp3) is 0.267. The van der Waals surface area contributed by atoms with Gasteiger partial charge in [0.05, 0.1) is 16.9 Å². The lowest BCUT2D eigenvalue weighted by atomic mass is 9.93. The maximum absolute atomic E-state index is 14.1. The van der Waals surface area contributed by atoms with Crippen molar-refractivity contribution in [3.05, 3.63) is 94.8 Å². The molecule has 4 aromatic rings. The highest BCUT2D eigenvalue weighted by molar-refractivity contribution is 5.87. The summed E-state index contributed by atoms with van der Waals surface area (Å²) in [4.78, 5) is 11.2. The van der Waals surface area contributed by atoms with E-state index in [0.717, 1.165) is 0 Å². The van der Waals surface area contributed by atoms with Gasteiger partial charge in [-0.15, -0.1) is 8.78 Å². The van der Waals surface area contributed by atoms with Gasteiger partial charge in [-0.05, 0) is 80.3 Å². The van der Waals surface area contributed by atoms with Crippen LogP contribution >= 0.6 is 0 Å². The SMILES string of the molecule is CC(Oc1cccc(-n2nc(C(F)(F)F)c3c2C(Oc2ccc(C(=O)O)cc2)CCC3)c1)c1ccc2c(c1)OC(F)(F)O2. The minimum Gasteiger partial charge on any atom is -0.486 e. The molecule has 1 N–H and O–H groups in total. The number of ether oxygens (including phenoxy) is 4. The lowest BCUT2D eigenvalue weighted by Crippen LogP contribution is -2.25. The number of rotatable bonds is 7. The first-order chi connectivity index (χ1) is 20.4. The summed E-state index contributed by atoms with van der Waals surface area (Å²) < 4.78 is 91.4. The molecule has 2 aliphatic rings. The number of alkyl halides is 5. The number of fused-ring (bicyclic) bond motifs is 2. The second-order valence-corrected chi connectivity index (χ2v) is 10.1. The Kier molecular flexibility index (Phi) is 6.90. The molecular weight excluding hydrogens is 579 g/mol. The van der Waals surface area contributed by atoms with Crippen LogP contribution in [0.4, 0.5) is 22.0 Å². The number of nitrogens with zero attached hydrogens (tertiary/aromatic N) is 2. The van der Waals surface area contributed by atoms with Crippen molar-refractivity contribution in [2.75, 3.05) is 0 Å². The zero-order valence-electron chi connectivity index (χ0n) is 22.4. The van der Waals surface area contributed by atoms with E-state index in [0.29, 0.717) is 35.6 Å². The van der Waals surface area contributed by atoms with E-state index in [1.807, 2.05) is 0 Å². The molecule has 224 valence electrons. The molecule has 0 saturated carbocycles. The monoisotopic (exact) mass is 602 g/mol. The average molecular weight is 603 g/mol. The highest BCUT2D eigenvalue weighted by atomic mass is 19.4. The Morgan fingerprint density at radius 2 is 1.79 bits per heavy atom. The number of carboxylic acids is 1. The maximum atomic E-state index is 14.1. The van der Waals surface area contributed by atoms with E-state index in [1.54, 1.807) is 31.2 Å². The van der Waals surface area contributed by atoms with E-state index in [2.05, 4.69) is 14.6 Å². The molecule has 8 nitrogen and oxygen atoms in total. The third kappa shape index (κ3) is 5.66. The molecule has 1 aliphatic carbocycles. The summed E-state index contributed by atoms with van der Waals surface area (Å²) in [5.41, 5.74) is 0.104. The predicted octanol–water partition coefficient (Wildman–Crippen LogP) is 7.51. The summed E-state index contributed by atoms with van der Waals surface area (Å²) in [5, 5.41) is 13.1. The molecule has 0 radical (unpaired) electrons. The Morgan fingerprint density at radius 1 is 1.05 bits per heavy atom. The van der Waals surface area contributed by atoms with Gasteiger partial charge in [-0.3, -0.25) is 0 Å². The molecule has 43 heavy (non-hydrogen) atoms. The van der Waals surface area contributed by atoms with E-state index >= 15 is 0 Å². The Morgan fingerprint density at radius 3 is 2.51 bits per heavy atom. The number of hydrogen-bond donors (Lipinski definition) is 1. The van der Waals surface area contributed by atoms with E-state index in [1.165, 1.54) is 47.1 Å². The topological polar surface area (TPSA) is 92.0 Å². The average Bonchev–Trinajstić information content (AvgIpc) is 3.50. The maximum Gasteiger partial charge on any atom is 0.586 e. The van der Waals surface area contributed by atoms with Crippen LogP contribution in [0, 0.1) is 0 Å². The molecule has 3 aromatic carbocycles. The molecule has 2 heterocycles. The van der Waals surface area contributed by atoms with E-state index < -0.39 is 36.3 Å². The summed E-state index contributed by atoms with van der Waals surface area (Å²) >= 11 is 0. The van der Waals surface area contributed by atoms with Gasteiger partial charge in [0.2, 0.25) is 0 Å². The number of carbonyl (C=O) groups is 1. The molecule has 0 spiro atoms. The molecule has 0 fully saturated rings. The quantitative estimate of drug-likeness (QED) is 0.219. The summed E-state index contributed by atoms with van der Waals surface area (Å²) in [6, 6.07) is 16.2. The van der Waals surface area contributed by atoms with Crippen molar-refractivity contribution in [1.82, 2.24) is 9.78 Å². The van der Waals surface area contributed by atoms with Crippen LogP contribution in [-0.4, -0.2) is 27.2 Å². The van der Waals surface area contributed by atoms with Crippen LogP contribution in [0.25, 0.3) is 5.69 Å². The lowest BCUT2D eigenvalue weighted by molar-refractivity contribution is -0.286. The minimum absolute atomic E-state index is 0.0303. The lowest BCUT2D eigenvalue weighted by Gasteiger charge is -2.26. The summed E-state index contributed by atoms with van der Waals surface area (Å²) in [6.45, 7) is 1.68. The van der Waals surface area contributed by atoms with Crippen LogP contribution < -0.4 is 18.9 Å². The van der Waals surface area contributed by atoms with Gasteiger partial charge in [0.1, 0.15) is 23.7 Å². The number of halogens is 5. The number of aromatic nitrogens is 2. The van der Waals surface area contributed by atoms with Gasteiger partial charge in [0.15, 0.2) is 17.2 Å². The van der Waals surface area contributed by atoms with Crippen LogP contribution in [0.2, 0.25) is 0 Å². The van der Waals surface area contributed by atoms with Crippen LogP contribution in [0.5, 0.6) is 23.0 Å². The highest BCUT2D eigenvalue weighted by Gasteiger charge is 2.44. The Balaban J connectivity index is 1.31. The number of carboxylic acid groups (broad SMARTS) is 1. The Labute approximate surface area is 241 Å². The van der Waals surface area contributed by atoms with Gasteiger partial charge >= 0.3 is 18.4 Å². The molecule has 13 heteroatoms. The number of aromatic carboxylic acids is 1. The summed E-state index contributed by atoms with van der Waals surface area (Å²) in [7, 11) is 0. The first kappa shape index (κ1) is 28.3. The largest absolute Gasteiger partial charge is 0.586 e. The highest BCUT2D eigenvalue weighted by Crippen LogP contribution is 2.44. The first-order valence-electron chi connectivity index (χ1n) is 13.2. The Hall–Kier alpha value is -4.81. The van der Waals surface area contributed by atoms with Crippen molar-refractivity contribution in [3.63, 3.8) is 0 Å². The fourth-order valence-corrected chi connectivity index (χ4v) is 5.20. The van der Waals surface area contributed by atoms with Crippen molar-refractivity contribution in [3.8, 4) is 28.7 Å². The molecule has 6 rings (SSSR count). The van der Waals surface area contributed by atoms with Gasteiger partial charge in [0.25, 0.3) is 0 Å². The molecule has 0 saturated heterocycles. The zero-order chi connectivity index (χ0) is 30.5. The van der Waals surface area contributed by atoms with Crippen molar-refractivity contribution in [2.45, 2.75) is 50.9 Å². The molecular formula is C30H23F5N2O6. The molecule has 2 atom stereocenters. The first-order valence-corrected chi connectivity index (χ1v) is 13.2. The normalized spacial score (nSPS) is 17.7. The van der Waals surface area contributed by atoms with E-state index in [9.17, 15) is 26.7 Å². The van der Waals surface area contributed by atoms with Gasteiger partial charge < -0.3 is 24.1 Å². The molecule has 0 amide bonds. The van der Waals surface area contributed by atoms with Crippen molar-refractivity contribution in [2.24, 2.45) is 0 Å². The fourth-order valence-electron chi connectivity index (χ4n) is 5.20. The Bertz CT molecular complexity index is 1690. The van der Waals surface area contributed by atoms with Crippen molar-refractivity contribution in [1.29, 1.82) is 0 Å². The molecule has 0 bridgehead atoms. The minimum atomic E-state index is -4.71. The van der Waals surface area contributed by atoms with Crippen molar-refractivity contribution < 1.29 is 50.8 Å². The second kappa shape index (κ2) is 10.5. The van der Waals surface area contributed by atoms with Crippen LogP contribution in [0.1, 0.15) is 64.8 Å². The molecule has 1 aromatic heterocycles. The predicted molar refractivity (Wildman–Crippen MR) is 140 cm³/mol. The summed E-state index contributed by atoms with van der Waals surface area (Å²) in [6.07, 6.45) is -8.92. The zero-order valence-corrected chi connectivity index (χ0v) is 22.4. The number of benzene rings is 3. The van der Waals surface area contributed by atoms with Gasteiger partial charge in [-0.25, -0.2) is 9.48 Å².